The van der Waals surface area contributed by atoms with Gasteiger partial charge in [-0.2, -0.15) is 0 Å². The largest absolute Gasteiger partial charge is 0.463 e. The quantitative estimate of drug-likeness (QED) is 0.288. The van der Waals surface area contributed by atoms with E-state index in [-0.39, 0.29) is 6.29 Å². The molecule has 0 saturated heterocycles. The van der Waals surface area contributed by atoms with Crippen LogP contribution < -0.4 is 5.32 Å². The van der Waals surface area contributed by atoms with Gasteiger partial charge in [0.25, 0.3) is 0 Å². The number of ether oxygens (including phenoxy) is 3. The number of nitrogens with one attached hydrogen (secondary N) is 1. The lowest BCUT2D eigenvalue weighted by molar-refractivity contribution is -0.182. The van der Waals surface area contributed by atoms with Gasteiger partial charge in [-0.3, -0.25) is 19.2 Å². The molecule has 0 fully saturated rings. The smallest absolute Gasteiger partial charge is 0.303 e. The van der Waals surface area contributed by atoms with E-state index in [1.165, 1.54) is 0 Å². The Morgan fingerprint density at radius 3 is 1.83 bits per heavy atom. The van der Waals surface area contributed by atoms with E-state index >= 15 is 0 Å². The molecule has 0 aromatic carbocycles. The van der Waals surface area contributed by atoms with Gasteiger partial charge in [0.05, 0.1) is 0 Å². The van der Waals surface area contributed by atoms with Crippen LogP contribution in [0.4, 0.5) is 0 Å². The van der Waals surface area contributed by atoms with E-state index in [0.717, 1.165) is 27.7 Å². The Morgan fingerprint density at radius 1 is 0.958 bits per heavy atom. The minimum absolute atomic E-state index is 0.268. The molecule has 10 heteroatoms. The second-order valence-electron chi connectivity index (χ2n) is 4.88. The van der Waals surface area contributed by atoms with Gasteiger partial charge in [-0.15, -0.1) is 0 Å². The highest BCUT2D eigenvalue weighted by atomic mass is 16.6. The summed E-state index contributed by atoms with van der Waals surface area (Å²) in [4.78, 5) is 55.8. The Balaban J connectivity index is 5.55. The van der Waals surface area contributed by atoms with Crippen LogP contribution in [0.25, 0.3) is 0 Å². The lowest BCUT2D eigenvalue weighted by atomic mass is 10.0. The summed E-state index contributed by atoms with van der Waals surface area (Å²) in [5.74, 6) is -2.99. The fourth-order valence-electron chi connectivity index (χ4n) is 1.82. The summed E-state index contributed by atoms with van der Waals surface area (Å²) in [5.41, 5.74) is 0. The summed E-state index contributed by atoms with van der Waals surface area (Å²) < 4.78 is 14.5. The zero-order valence-corrected chi connectivity index (χ0v) is 13.8. The SMILES string of the molecule is CC(=O)N[C@H](C=O)[C@@H](OC(C)=O)[C@H](OC(C)=O)[C@H](O)COC(C)=O. The van der Waals surface area contributed by atoms with Crippen molar-refractivity contribution in [3.05, 3.63) is 0 Å². The molecular weight excluding hydrogens is 326 g/mol. The Labute approximate surface area is 138 Å². The van der Waals surface area contributed by atoms with Gasteiger partial charge in [0.15, 0.2) is 12.2 Å². The Kier molecular flexibility index (Phi) is 9.25. The molecule has 24 heavy (non-hydrogen) atoms. The molecule has 0 rings (SSSR count). The van der Waals surface area contributed by atoms with Crippen molar-refractivity contribution in [2.45, 2.75) is 52.0 Å². The summed E-state index contributed by atoms with van der Waals surface area (Å²) >= 11 is 0. The van der Waals surface area contributed by atoms with Crippen molar-refractivity contribution < 1.29 is 43.3 Å². The van der Waals surface area contributed by atoms with E-state index in [1.54, 1.807) is 0 Å². The summed E-state index contributed by atoms with van der Waals surface area (Å²) in [5, 5.41) is 12.3. The van der Waals surface area contributed by atoms with Crippen LogP contribution in [0.1, 0.15) is 27.7 Å². The Hall–Kier alpha value is -2.49. The van der Waals surface area contributed by atoms with Gasteiger partial charge >= 0.3 is 17.9 Å². The van der Waals surface area contributed by atoms with Crippen molar-refractivity contribution in [1.29, 1.82) is 0 Å². The van der Waals surface area contributed by atoms with Crippen LogP contribution in [-0.2, 0) is 38.2 Å². The molecule has 0 bridgehead atoms. The topological polar surface area (TPSA) is 145 Å². The zero-order valence-electron chi connectivity index (χ0n) is 13.8. The standard InChI is InChI=1S/C14H21NO9/c1-7(17)15-11(5-16)13(23-9(3)19)14(24-10(4)20)12(21)6-22-8(2)18/h5,11-14,21H,6H2,1-4H3,(H,15,17)/t11-,12-,13-,14-/m1/s1. The molecule has 0 aromatic rings. The summed E-state index contributed by atoms with van der Waals surface area (Å²) in [7, 11) is 0. The van der Waals surface area contributed by atoms with E-state index in [0.29, 0.717) is 0 Å². The molecule has 0 unspecified atom stereocenters. The average molecular weight is 347 g/mol. The number of esters is 3. The van der Waals surface area contributed by atoms with E-state index in [4.69, 9.17) is 9.47 Å². The normalized spacial score (nSPS) is 15.2. The third-order valence-corrected chi connectivity index (χ3v) is 2.63. The van der Waals surface area contributed by atoms with Gasteiger partial charge in [0.2, 0.25) is 5.91 Å². The van der Waals surface area contributed by atoms with Crippen molar-refractivity contribution in [3.63, 3.8) is 0 Å². The second kappa shape index (κ2) is 10.3. The number of rotatable bonds is 9. The van der Waals surface area contributed by atoms with Crippen LogP contribution in [-0.4, -0.2) is 66.2 Å². The summed E-state index contributed by atoms with van der Waals surface area (Å²) in [6.07, 6.45) is -4.39. The van der Waals surface area contributed by atoms with Crippen molar-refractivity contribution in [3.8, 4) is 0 Å². The van der Waals surface area contributed by atoms with Crippen molar-refractivity contribution in [2.75, 3.05) is 6.61 Å². The van der Waals surface area contributed by atoms with E-state index in [1.807, 2.05) is 0 Å². The zero-order chi connectivity index (χ0) is 18.9. The van der Waals surface area contributed by atoms with Crippen LogP contribution in [0.2, 0.25) is 0 Å². The Bertz CT molecular complexity index is 491. The first-order valence-corrected chi connectivity index (χ1v) is 6.96. The molecule has 136 valence electrons. The molecule has 0 spiro atoms. The fraction of sp³-hybridized carbons (Fsp3) is 0.643. The van der Waals surface area contributed by atoms with Gasteiger partial charge in [0, 0.05) is 27.7 Å². The van der Waals surface area contributed by atoms with Crippen LogP contribution >= 0.6 is 0 Å². The number of carbonyl (C=O) groups is 5. The third kappa shape index (κ3) is 8.22. The summed E-state index contributed by atoms with van der Waals surface area (Å²) in [6, 6.07) is -1.39. The minimum Gasteiger partial charge on any atom is -0.463 e. The summed E-state index contributed by atoms with van der Waals surface area (Å²) in [6.45, 7) is 3.72. The molecule has 0 aromatic heterocycles. The van der Waals surface area contributed by atoms with Gasteiger partial charge < -0.3 is 29.4 Å². The van der Waals surface area contributed by atoms with Gasteiger partial charge in [-0.1, -0.05) is 0 Å². The molecule has 0 saturated carbocycles. The molecule has 0 aliphatic heterocycles. The highest BCUT2D eigenvalue weighted by Crippen LogP contribution is 2.15. The molecular formula is C14H21NO9. The van der Waals surface area contributed by atoms with Gasteiger partial charge in [0.1, 0.15) is 25.0 Å². The maximum absolute atomic E-state index is 11.3. The lowest BCUT2D eigenvalue weighted by Gasteiger charge is -2.32. The van der Waals surface area contributed by atoms with Crippen LogP contribution in [0.3, 0.4) is 0 Å². The molecule has 4 atom stereocenters. The number of aliphatic hydroxyl groups is 1. The van der Waals surface area contributed by atoms with Crippen molar-refractivity contribution in [1.82, 2.24) is 5.32 Å². The number of amides is 1. The second-order valence-corrected chi connectivity index (χ2v) is 4.88. The predicted octanol–water partition coefficient (Wildman–Crippen LogP) is -1.52. The maximum Gasteiger partial charge on any atom is 0.303 e. The number of aliphatic hydroxyl groups excluding tert-OH is 1. The molecule has 0 radical (unpaired) electrons. The van der Waals surface area contributed by atoms with Crippen LogP contribution in [0.5, 0.6) is 0 Å². The van der Waals surface area contributed by atoms with Crippen molar-refractivity contribution >= 4 is 30.1 Å². The predicted molar refractivity (Wildman–Crippen MR) is 77.4 cm³/mol. The van der Waals surface area contributed by atoms with E-state index in [2.05, 4.69) is 10.1 Å². The highest BCUT2D eigenvalue weighted by Gasteiger charge is 2.40. The highest BCUT2D eigenvalue weighted by molar-refractivity contribution is 5.78. The van der Waals surface area contributed by atoms with Crippen LogP contribution in [0.15, 0.2) is 0 Å². The van der Waals surface area contributed by atoms with Gasteiger partial charge in [-0.05, 0) is 0 Å². The van der Waals surface area contributed by atoms with E-state index in [9.17, 15) is 29.1 Å². The first-order valence-electron chi connectivity index (χ1n) is 6.96. The molecule has 2 N–H and O–H groups in total. The first kappa shape index (κ1) is 21.5. The monoisotopic (exact) mass is 347 g/mol. The molecule has 0 aliphatic rings. The number of hydrogen-bond acceptors (Lipinski definition) is 9. The first-order chi connectivity index (χ1) is 11.1. The fourth-order valence-corrected chi connectivity index (χ4v) is 1.82. The Morgan fingerprint density at radius 2 is 1.46 bits per heavy atom. The molecule has 1 amide bonds. The maximum atomic E-state index is 11.3. The number of hydrogen-bond donors (Lipinski definition) is 2. The van der Waals surface area contributed by atoms with Crippen molar-refractivity contribution in [2.24, 2.45) is 0 Å². The molecule has 0 aliphatic carbocycles. The minimum atomic E-state index is -1.60. The average Bonchev–Trinajstić information content (AvgIpc) is 2.45. The molecule has 10 nitrogen and oxygen atoms in total. The number of carbonyl (C=O) groups excluding carboxylic acids is 5. The lowest BCUT2D eigenvalue weighted by Crippen LogP contribution is -2.56. The number of aldehydes is 1. The van der Waals surface area contributed by atoms with Gasteiger partial charge in [-0.25, -0.2) is 0 Å². The van der Waals surface area contributed by atoms with E-state index < -0.39 is 54.8 Å². The molecule has 0 heterocycles. The third-order valence-electron chi connectivity index (χ3n) is 2.63. The van der Waals surface area contributed by atoms with Crippen LogP contribution in [0, 0.1) is 0 Å².